The van der Waals surface area contributed by atoms with Crippen LogP contribution >= 0.6 is 24.0 Å². The van der Waals surface area contributed by atoms with Crippen LogP contribution in [0.1, 0.15) is 12.8 Å². The fourth-order valence-corrected chi connectivity index (χ4v) is 3.40. The average molecular weight is 510 g/mol. The first-order chi connectivity index (χ1) is 11.7. The number of sulfonamides is 1. The number of hydrogen-bond acceptors (Lipinski definition) is 3. The van der Waals surface area contributed by atoms with Crippen molar-refractivity contribution >= 4 is 45.6 Å². The summed E-state index contributed by atoms with van der Waals surface area (Å²) >= 11 is 0. The summed E-state index contributed by atoms with van der Waals surface area (Å²) in [6.45, 7) is 0.190. The smallest absolute Gasteiger partial charge is 0.350 e. The number of anilines is 1. The number of nitrogens with zero attached hydrogens (tertiary/aromatic N) is 2. The lowest BCUT2D eigenvalue weighted by Crippen LogP contribution is -2.41. The molecule has 0 saturated carbocycles. The van der Waals surface area contributed by atoms with Gasteiger partial charge in [0.1, 0.15) is 11.6 Å². The molecular formula is C14H19F4IN4O2S. The van der Waals surface area contributed by atoms with Crippen molar-refractivity contribution in [3.05, 3.63) is 29.8 Å². The minimum Gasteiger partial charge on any atom is -0.370 e. The van der Waals surface area contributed by atoms with Gasteiger partial charge in [0, 0.05) is 25.7 Å². The maximum absolute atomic E-state index is 13.5. The number of guanidine groups is 1. The van der Waals surface area contributed by atoms with Gasteiger partial charge in [-0.3, -0.25) is 4.99 Å². The molecular weight excluding hydrogens is 491 g/mol. The molecule has 0 aliphatic carbocycles. The second-order valence-corrected chi connectivity index (χ2v) is 7.53. The third-order valence-electron chi connectivity index (χ3n) is 3.87. The Labute approximate surface area is 165 Å². The Morgan fingerprint density at radius 1 is 1.31 bits per heavy atom. The number of halogens is 5. The molecule has 0 unspecified atom stereocenters. The zero-order valence-electron chi connectivity index (χ0n) is 13.5. The van der Waals surface area contributed by atoms with E-state index in [2.05, 4.69) is 10.3 Å². The van der Waals surface area contributed by atoms with Crippen LogP contribution in [-0.2, 0) is 10.0 Å². The number of hydrogen-bond donors (Lipinski definition) is 2. The summed E-state index contributed by atoms with van der Waals surface area (Å²) in [6, 6.07) is 2.85. The summed E-state index contributed by atoms with van der Waals surface area (Å²) in [5, 5.41) is 2.45. The van der Waals surface area contributed by atoms with Crippen molar-refractivity contribution in [1.82, 2.24) is 4.31 Å². The normalized spacial score (nSPS) is 17.2. The Kier molecular flexibility index (Phi) is 8.53. The Morgan fingerprint density at radius 3 is 2.50 bits per heavy atom. The summed E-state index contributed by atoms with van der Waals surface area (Å²) in [6.07, 6.45) is 0.716. The first-order valence-electron chi connectivity index (χ1n) is 7.49. The van der Waals surface area contributed by atoms with Gasteiger partial charge in [-0.15, -0.1) is 24.0 Å². The van der Waals surface area contributed by atoms with Crippen LogP contribution in [0.2, 0.25) is 0 Å². The maximum atomic E-state index is 13.5. The van der Waals surface area contributed by atoms with Crippen LogP contribution in [0.3, 0.4) is 0 Å². The van der Waals surface area contributed by atoms with Gasteiger partial charge >= 0.3 is 5.76 Å². The SMILES string of the molecule is I.NC(=NCC1CCN(S(=O)(=O)C(F)F)CC1)Nc1cc(F)ccc1F. The van der Waals surface area contributed by atoms with Gasteiger partial charge in [-0.05, 0) is 30.9 Å². The highest BCUT2D eigenvalue weighted by molar-refractivity contribution is 14.0. The van der Waals surface area contributed by atoms with E-state index in [9.17, 15) is 26.0 Å². The summed E-state index contributed by atoms with van der Waals surface area (Å²) in [5.74, 6) is -4.91. The van der Waals surface area contributed by atoms with E-state index >= 15 is 0 Å². The van der Waals surface area contributed by atoms with Gasteiger partial charge in [0.2, 0.25) is 0 Å². The topological polar surface area (TPSA) is 87.8 Å². The second kappa shape index (κ2) is 9.69. The monoisotopic (exact) mass is 510 g/mol. The van der Waals surface area contributed by atoms with E-state index in [0.29, 0.717) is 12.8 Å². The molecule has 12 heteroatoms. The predicted molar refractivity (Wildman–Crippen MR) is 101 cm³/mol. The molecule has 26 heavy (non-hydrogen) atoms. The number of alkyl halides is 2. The van der Waals surface area contributed by atoms with E-state index in [1.54, 1.807) is 0 Å². The molecule has 2 rings (SSSR count). The van der Waals surface area contributed by atoms with Gasteiger partial charge in [-0.25, -0.2) is 17.2 Å². The van der Waals surface area contributed by atoms with Gasteiger partial charge in [0.05, 0.1) is 5.69 Å². The van der Waals surface area contributed by atoms with E-state index in [1.165, 1.54) is 0 Å². The van der Waals surface area contributed by atoms with Crippen molar-refractivity contribution in [3.63, 3.8) is 0 Å². The van der Waals surface area contributed by atoms with Crippen molar-refractivity contribution in [3.8, 4) is 0 Å². The molecule has 0 atom stereocenters. The average Bonchev–Trinajstić information content (AvgIpc) is 2.56. The minimum atomic E-state index is -4.55. The van der Waals surface area contributed by atoms with Crippen LogP contribution < -0.4 is 11.1 Å². The van der Waals surface area contributed by atoms with Gasteiger partial charge < -0.3 is 11.1 Å². The molecule has 6 nitrogen and oxygen atoms in total. The molecule has 0 amide bonds. The van der Waals surface area contributed by atoms with Crippen LogP contribution in [0, 0.1) is 17.6 Å². The number of nitrogens with one attached hydrogen (secondary N) is 1. The fraction of sp³-hybridized carbons (Fsp3) is 0.500. The molecule has 1 aromatic rings. The number of nitrogens with two attached hydrogens (primary N) is 1. The van der Waals surface area contributed by atoms with Crippen molar-refractivity contribution in [2.45, 2.75) is 18.6 Å². The zero-order chi connectivity index (χ0) is 18.6. The van der Waals surface area contributed by atoms with E-state index in [4.69, 9.17) is 5.73 Å². The molecule has 0 spiro atoms. The Hall–Kier alpha value is -1.15. The largest absolute Gasteiger partial charge is 0.370 e. The summed E-state index contributed by atoms with van der Waals surface area (Å²) in [5.41, 5.74) is 5.47. The Bertz CT molecular complexity index is 740. The molecule has 1 fully saturated rings. The first-order valence-corrected chi connectivity index (χ1v) is 8.99. The van der Waals surface area contributed by atoms with Crippen LogP contribution in [0.5, 0.6) is 0 Å². The molecule has 1 saturated heterocycles. The molecule has 1 heterocycles. The quantitative estimate of drug-likeness (QED) is 0.276. The lowest BCUT2D eigenvalue weighted by atomic mass is 9.98. The summed E-state index contributed by atoms with van der Waals surface area (Å²) in [7, 11) is -4.55. The predicted octanol–water partition coefficient (Wildman–Crippen LogP) is 2.57. The van der Waals surface area contributed by atoms with Gasteiger partial charge in [0.25, 0.3) is 10.0 Å². The molecule has 0 bridgehead atoms. The van der Waals surface area contributed by atoms with Gasteiger partial charge in [0.15, 0.2) is 5.96 Å². The molecule has 0 radical (unpaired) electrons. The van der Waals surface area contributed by atoms with Gasteiger partial charge in [-0.2, -0.15) is 13.1 Å². The summed E-state index contributed by atoms with van der Waals surface area (Å²) < 4.78 is 75.0. The van der Waals surface area contributed by atoms with Crippen molar-refractivity contribution in [1.29, 1.82) is 0 Å². The second-order valence-electron chi connectivity index (χ2n) is 5.62. The standard InChI is InChI=1S/C14H18F4N4O2S.HI/c15-10-1-2-11(16)12(7-10)21-14(19)20-8-9-3-5-22(6-4-9)25(23,24)13(17)18;/h1-2,7,9,13H,3-6,8H2,(H3,19,20,21);1H. The molecule has 1 aliphatic heterocycles. The minimum absolute atomic E-state index is 0. The van der Waals surface area contributed by atoms with Crippen LogP contribution in [0.4, 0.5) is 23.2 Å². The molecule has 0 aromatic heterocycles. The summed E-state index contributed by atoms with van der Waals surface area (Å²) in [4.78, 5) is 4.01. The van der Waals surface area contributed by atoms with Crippen molar-refractivity contribution < 1.29 is 26.0 Å². The van der Waals surface area contributed by atoms with E-state index in [1.807, 2.05) is 0 Å². The highest BCUT2D eigenvalue weighted by atomic mass is 127. The lowest BCUT2D eigenvalue weighted by Gasteiger charge is -2.30. The molecule has 148 valence electrons. The van der Waals surface area contributed by atoms with E-state index in [-0.39, 0.29) is 61.2 Å². The van der Waals surface area contributed by atoms with Crippen molar-refractivity contribution in [2.24, 2.45) is 16.6 Å². The van der Waals surface area contributed by atoms with E-state index < -0.39 is 27.4 Å². The van der Waals surface area contributed by atoms with Gasteiger partial charge in [-0.1, -0.05) is 0 Å². The zero-order valence-corrected chi connectivity index (χ0v) is 16.7. The third kappa shape index (κ3) is 5.94. The highest BCUT2D eigenvalue weighted by Gasteiger charge is 2.34. The lowest BCUT2D eigenvalue weighted by molar-refractivity contribution is 0.205. The number of rotatable bonds is 5. The number of aliphatic imine (C=N–C) groups is 1. The van der Waals surface area contributed by atoms with Crippen LogP contribution in [0.15, 0.2) is 23.2 Å². The highest BCUT2D eigenvalue weighted by Crippen LogP contribution is 2.23. The third-order valence-corrected chi connectivity index (χ3v) is 5.40. The Balaban J connectivity index is 0.00000338. The fourth-order valence-electron chi connectivity index (χ4n) is 2.46. The molecule has 1 aliphatic rings. The van der Waals surface area contributed by atoms with E-state index in [0.717, 1.165) is 22.5 Å². The molecule has 3 N–H and O–H groups in total. The number of benzene rings is 1. The molecule has 1 aromatic carbocycles. The van der Waals surface area contributed by atoms with Crippen molar-refractivity contribution in [2.75, 3.05) is 25.0 Å². The maximum Gasteiger partial charge on any atom is 0.350 e. The number of piperidine rings is 1. The first kappa shape index (κ1) is 22.9. The Morgan fingerprint density at radius 2 is 1.92 bits per heavy atom. The van der Waals surface area contributed by atoms with Crippen LogP contribution in [0.25, 0.3) is 0 Å². The van der Waals surface area contributed by atoms with Crippen LogP contribution in [-0.4, -0.2) is 44.1 Å².